The predicted octanol–water partition coefficient (Wildman–Crippen LogP) is 3.83. The first kappa shape index (κ1) is 14.2. The Hall–Kier alpha value is -1.22. The van der Waals surface area contributed by atoms with Crippen molar-refractivity contribution in [2.45, 2.75) is 39.2 Å². The average Bonchev–Trinajstić information content (AvgIpc) is 2.30. The summed E-state index contributed by atoms with van der Waals surface area (Å²) in [6, 6.07) is 5.27. The second-order valence-corrected chi connectivity index (χ2v) is 6.15. The van der Waals surface area contributed by atoms with Gasteiger partial charge in [-0.1, -0.05) is 25.4 Å². The molecule has 0 aliphatic heterocycles. The van der Waals surface area contributed by atoms with E-state index >= 15 is 0 Å². The van der Waals surface area contributed by atoms with Crippen LogP contribution in [0, 0.1) is 17.2 Å². The summed E-state index contributed by atoms with van der Waals surface area (Å²) in [7, 11) is 0. The van der Waals surface area contributed by atoms with Gasteiger partial charge in [-0.2, -0.15) is 0 Å². The van der Waals surface area contributed by atoms with Crippen LogP contribution in [0.1, 0.15) is 38.7 Å². The smallest absolute Gasteiger partial charge is 0.130 e. The zero-order chi connectivity index (χ0) is 14.0. The second kappa shape index (κ2) is 5.83. The largest absolute Gasteiger partial charge is 0.490 e. The quantitative estimate of drug-likeness (QED) is 0.653. The minimum atomic E-state index is -0.00518. The Morgan fingerprint density at radius 2 is 1.89 bits per heavy atom. The maximum atomic E-state index is 7.61. The third-order valence-electron chi connectivity index (χ3n) is 3.66. The van der Waals surface area contributed by atoms with E-state index in [1.165, 1.54) is 6.42 Å². The molecular formula is C15H21ClN2O. The number of benzene rings is 1. The molecule has 1 aromatic rings. The molecule has 0 heterocycles. The highest BCUT2D eigenvalue weighted by Crippen LogP contribution is 2.32. The SMILES string of the molecule is CC1CC(C)CC(Oc2ccc(Cl)cc2C(=N)N)C1. The van der Waals surface area contributed by atoms with Crippen LogP contribution < -0.4 is 10.5 Å². The van der Waals surface area contributed by atoms with Gasteiger partial charge in [-0.3, -0.25) is 5.41 Å². The van der Waals surface area contributed by atoms with Gasteiger partial charge in [0, 0.05) is 5.02 Å². The number of nitrogen functional groups attached to an aromatic ring is 1. The van der Waals surface area contributed by atoms with E-state index in [1.807, 2.05) is 6.07 Å². The van der Waals surface area contributed by atoms with E-state index < -0.39 is 0 Å². The van der Waals surface area contributed by atoms with Gasteiger partial charge in [0.1, 0.15) is 11.6 Å². The molecule has 0 aromatic heterocycles. The molecule has 1 aliphatic rings. The van der Waals surface area contributed by atoms with Gasteiger partial charge < -0.3 is 10.5 Å². The van der Waals surface area contributed by atoms with Crippen LogP contribution in [0.15, 0.2) is 18.2 Å². The number of rotatable bonds is 3. The Bertz CT molecular complexity index is 465. The third-order valence-corrected chi connectivity index (χ3v) is 3.90. The van der Waals surface area contributed by atoms with Gasteiger partial charge in [0.2, 0.25) is 0 Å². The number of nitrogens with one attached hydrogen (secondary N) is 1. The topological polar surface area (TPSA) is 59.1 Å². The van der Waals surface area contributed by atoms with Crippen molar-refractivity contribution in [3.8, 4) is 5.75 Å². The van der Waals surface area contributed by atoms with Crippen LogP contribution in [-0.4, -0.2) is 11.9 Å². The van der Waals surface area contributed by atoms with Gasteiger partial charge in [0.05, 0.1) is 11.7 Å². The lowest BCUT2D eigenvalue weighted by Gasteiger charge is -2.32. The fourth-order valence-corrected chi connectivity index (χ4v) is 3.14. The Labute approximate surface area is 119 Å². The normalized spacial score (nSPS) is 27.0. The highest BCUT2D eigenvalue weighted by atomic mass is 35.5. The molecule has 3 nitrogen and oxygen atoms in total. The summed E-state index contributed by atoms with van der Waals surface area (Å²) in [6.07, 6.45) is 3.59. The summed E-state index contributed by atoms with van der Waals surface area (Å²) >= 11 is 5.94. The van der Waals surface area contributed by atoms with E-state index in [2.05, 4.69) is 13.8 Å². The molecular weight excluding hydrogens is 260 g/mol. The molecule has 3 N–H and O–H groups in total. The van der Waals surface area contributed by atoms with Crippen LogP contribution in [0.4, 0.5) is 0 Å². The standard InChI is InChI=1S/C15H21ClN2O/c1-9-5-10(2)7-12(6-9)19-14-4-3-11(16)8-13(14)15(17)18/h3-4,8-10,12H,5-7H2,1-2H3,(H3,17,18). The van der Waals surface area contributed by atoms with Crippen LogP contribution in [0.2, 0.25) is 5.02 Å². The molecule has 2 rings (SSSR count). The molecule has 0 spiro atoms. The Kier molecular flexibility index (Phi) is 4.35. The van der Waals surface area contributed by atoms with E-state index in [1.54, 1.807) is 12.1 Å². The summed E-state index contributed by atoms with van der Waals surface area (Å²) in [6.45, 7) is 4.53. The summed E-state index contributed by atoms with van der Waals surface area (Å²) in [5.74, 6) is 2.03. The molecule has 0 bridgehead atoms. The van der Waals surface area contributed by atoms with Gasteiger partial charge in [-0.15, -0.1) is 0 Å². The minimum absolute atomic E-state index is 0.00518. The minimum Gasteiger partial charge on any atom is -0.490 e. The van der Waals surface area contributed by atoms with Crippen LogP contribution >= 0.6 is 11.6 Å². The number of ether oxygens (including phenoxy) is 1. The van der Waals surface area contributed by atoms with Gasteiger partial charge in [-0.25, -0.2) is 0 Å². The molecule has 0 radical (unpaired) electrons. The molecule has 1 fully saturated rings. The third kappa shape index (κ3) is 3.63. The summed E-state index contributed by atoms with van der Waals surface area (Å²) in [4.78, 5) is 0. The molecule has 2 unspecified atom stereocenters. The molecule has 1 saturated carbocycles. The number of hydrogen-bond acceptors (Lipinski definition) is 2. The second-order valence-electron chi connectivity index (χ2n) is 5.71. The van der Waals surface area contributed by atoms with Gasteiger partial charge in [0.25, 0.3) is 0 Å². The molecule has 0 amide bonds. The van der Waals surface area contributed by atoms with E-state index in [0.29, 0.717) is 28.2 Å². The zero-order valence-corrected chi connectivity index (χ0v) is 12.2. The van der Waals surface area contributed by atoms with Crippen molar-refractivity contribution < 1.29 is 4.74 Å². The zero-order valence-electron chi connectivity index (χ0n) is 11.4. The van der Waals surface area contributed by atoms with Crippen LogP contribution in [0.5, 0.6) is 5.75 Å². The van der Waals surface area contributed by atoms with Crippen LogP contribution in [-0.2, 0) is 0 Å². The number of halogens is 1. The van der Waals surface area contributed by atoms with Crippen molar-refractivity contribution in [3.63, 3.8) is 0 Å². The molecule has 4 heteroatoms. The predicted molar refractivity (Wildman–Crippen MR) is 79.1 cm³/mol. The van der Waals surface area contributed by atoms with E-state index in [4.69, 9.17) is 27.5 Å². The summed E-state index contributed by atoms with van der Waals surface area (Å²) in [5, 5.41) is 8.18. The average molecular weight is 281 g/mol. The van der Waals surface area contributed by atoms with E-state index in [9.17, 15) is 0 Å². The molecule has 19 heavy (non-hydrogen) atoms. The van der Waals surface area contributed by atoms with E-state index in [0.717, 1.165) is 12.8 Å². The van der Waals surface area contributed by atoms with Crippen LogP contribution in [0.3, 0.4) is 0 Å². The van der Waals surface area contributed by atoms with Crippen molar-refractivity contribution >= 4 is 17.4 Å². The summed E-state index contributed by atoms with van der Waals surface area (Å²) in [5.41, 5.74) is 6.17. The molecule has 1 aromatic carbocycles. The molecule has 2 atom stereocenters. The van der Waals surface area contributed by atoms with Gasteiger partial charge >= 0.3 is 0 Å². The maximum Gasteiger partial charge on any atom is 0.130 e. The van der Waals surface area contributed by atoms with Crippen molar-refractivity contribution in [3.05, 3.63) is 28.8 Å². The van der Waals surface area contributed by atoms with Gasteiger partial charge in [0.15, 0.2) is 0 Å². The fraction of sp³-hybridized carbons (Fsp3) is 0.533. The fourth-order valence-electron chi connectivity index (χ4n) is 2.96. The van der Waals surface area contributed by atoms with Crippen molar-refractivity contribution in [2.75, 3.05) is 0 Å². The van der Waals surface area contributed by atoms with Gasteiger partial charge in [-0.05, 0) is 49.3 Å². The first-order chi connectivity index (χ1) is 8.95. The van der Waals surface area contributed by atoms with Crippen molar-refractivity contribution in [1.82, 2.24) is 0 Å². The highest BCUT2D eigenvalue weighted by Gasteiger charge is 2.26. The lowest BCUT2D eigenvalue weighted by Crippen LogP contribution is -2.29. The monoisotopic (exact) mass is 280 g/mol. The van der Waals surface area contributed by atoms with E-state index in [-0.39, 0.29) is 11.9 Å². The number of hydrogen-bond donors (Lipinski definition) is 2. The first-order valence-electron chi connectivity index (χ1n) is 6.76. The number of amidine groups is 1. The summed E-state index contributed by atoms with van der Waals surface area (Å²) < 4.78 is 6.06. The highest BCUT2D eigenvalue weighted by molar-refractivity contribution is 6.31. The Morgan fingerprint density at radius 3 is 2.47 bits per heavy atom. The van der Waals surface area contributed by atoms with Crippen LogP contribution in [0.25, 0.3) is 0 Å². The van der Waals surface area contributed by atoms with Crippen molar-refractivity contribution in [2.24, 2.45) is 17.6 Å². The molecule has 0 saturated heterocycles. The lowest BCUT2D eigenvalue weighted by atomic mass is 9.82. The lowest BCUT2D eigenvalue weighted by molar-refractivity contribution is 0.101. The maximum absolute atomic E-state index is 7.61. The Balaban J connectivity index is 2.16. The molecule has 1 aliphatic carbocycles. The number of nitrogens with two attached hydrogens (primary N) is 1. The van der Waals surface area contributed by atoms with Crippen molar-refractivity contribution in [1.29, 1.82) is 5.41 Å². The first-order valence-corrected chi connectivity index (χ1v) is 7.14. The Morgan fingerprint density at radius 1 is 1.26 bits per heavy atom. The molecule has 104 valence electrons.